The van der Waals surface area contributed by atoms with Gasteiger partial charge in [-0.3, -0.25) is 4.98 Å². The Labute approximate surface area is 117 Å². The molecule has 2 aromatic rings. The molecule has 0 saturated carbocycles. The van der Waals surface area contributed by atoms with E-state index in [0.29, 0.717) is 0 Å². The number of nitrogens with one attached hydrogen (secondary N) is 1. The summed E-state index contributed by atoms with van der Waals surface area (Å²) in [4.78, 5) is 4.30. The highest BCUT2D eigenvalue weighted by Gasteiger charge is 2.01. The molecule has 0 aliphatic rings. The Balaban J connectivity index is 2.08. The van der Waals surface area contributed by atoms with Gasteiger partial charge < -0.3 is 5.32 Å². The van der Waals surface area contributed by atoms with Crippen LogP contribution in [-0.4, -0.2) is 4.98 Å². The van der Waals surface area contributed by atoms with Crippen molar-refractivity contribution in [3.8, 4) is 0 Å². The summed E-state index contributed by atoms with van der Waals surface area (Å²) in [7, 11) is 0. The molecule has 94 valence electrons. The zero-order valence-electron chi connectivity index (χ0n) is 10.7. The topological polar surface area (TPSA) is 24.9 Å². The predicted molar refractivity (Wildman–Crippen MR) is 79.8 cm³/mol. The molecule has 0 atom stereocenters. The molecular weight excluding hydrogens is 288 g/mol. The summed E-state index contributed by atoms with van der Waals surface area (Å²) in [6, 6.07) is 10.5. The van der Waals surface area contributed by atoms with E-state index in [4.69, 9.17) is 0 Å². The van der Waals surface area contributed by atoms with Gasteiger partial charge in [0.05, 0.1) is 0 Å². The molecule has 3 heteroatoms. The van der Waals surface area contributed by atoms with Gasteiger partial charge in [-0.15, -0.1) is 0 Å². The fraction of sp³-hybridized carbons (Fsp3) is 0.267. The molecule has 2 rings (SSSR count). The Hall–Kier alpha value is -1.35. The van der Waals surface area contributed by atoms with E-state index in [2.05, 4.69) is 57.4 Å². The van der Waals surface area contributed by atoms with Gasteiger partial charge >= 0.3 is 0 Å². The summed E-state index contributed by atoms with van der Waals surface area (Å²) in [5, 5.41) is 3.47. The standard InChI is InChI=1S/C15H17BrN2/c1-3-13-8-14(16)6-7-15(13)18-10-12-5-4-11(2)17-9-12/h4-9,18H,3,10H2,1-2H3. The zero-order chi connectivity index (χ0) is 13.0. The predicted octanol–water partition coefficient (Wildman–Crippen LogP) is 4.33. The normalized spacial score (nSPS) is 10.4. The van der Waals surface area contributed by atoms with Crippen LogP contribution in [-0.2, 0) is 13.0 Å². The van der Waals surface area contributed by atoms with Crippen LogP contribution in [0.3, 0.4) is 0 Å². The molecule has 0 bridgehead atoms. The number of hydrogen-bond acceptors (Lipinski definition) is 2. The summed E-state index contributed by atoms with van der Waals surface area (Å²) in [6.07, 6.45) is 2.95. The van der Waals surface area contributed by atoms with Crippen molar-refractivity contribution in [2.24, 2.45) is 0 Å². The van der Waals surface area contributed by atoms with E-state index in [1.54, 1.807) is 0 Å². The number of aromatic nitrogens is 1. The Morgan fingerprint density at radius 1 is 1.22 bits per heavy atom. The zero-order valence-corrected chi connectivity index (χ0v) is 12.3. The van der Waals surface area contributed by atoms with Crippen molar-refractivity contribution >= 4 is 21.6 Å². The first-order chi connectivity index (χ1) is 8.69. The van der Waals surface area contributed by atoms with Crippen LogP contribution in [0.2, 0.25) is 0 Å². The molecule has 0 fully saturated rings. The Morgan fingerprint density at radius 2 is 2.06 bits per heavy atom. The molecular formula is C15H17BrN2. The van der Waals surface area contributed by atoms with Gasteiger partial charge in [0.25, 0.3) is 0 Å². The van der Waals surface area contributed by atoms with Crippen LogP contribution in [0.1, 0.15) is 23.7 Å². The third kappa shape index (κ3) is 3.33. The number of benzene rings is 1. The summed E-state index contributed by atoms with van der Waals surface area (Å²) >= 11 is 3.50. The third-order valence-corrected chi connectivity index (χ3v) is 3.40. The van der Waals surface area contributed by atoms with Crippen molar-refractivity contribution in [2.45, 2.75) is 26.8 Å². The lowest BCUT2D eigenvalue weighted by atomic mass is 10.1. The second-order valence-electron chi connectivity index (χ2n) is 4.32. The summed E-state index contributed by atoms with van der Waals surface area (Å²) in [6.45, 7) is 4.98. The van der Waals surface area contributed by atoms with Gasteiger partial charge in [0.15, 0.2) is 0 Å². The first-order valence-electron chi connectivity index (χ1n) is 6.13. The van der Waals surface area contributed by atoms with Crippen molar-refractivity contribution in [1.29, 1.82) is 0 Å². The lowest BCUT2D eigenvalue weighted by Crippen LogP contribution is -2.02. The molecule has 1 aromatic carbocycles. The second-order valence-corrected chi connectivity index (χ2v) is 5.23. The van der Waals surface area contributed by atoms with Crippen LogP contribution in [0.25, 0.3) is 0 Å². The van der Waals surface area contributed by atoms with Crippen LogP contribution in [0, 0.1) is 6.92 Å². The number of nitrogens with zero attached hydrogens (tertiary/aromatic N) is 1. The first kappa shape index (κ1) is 13.1. The Morgan fingerprint density at radius 3 is 2.72 bits per heavy atom. The van der Waals surface area contributed by atoms with Crippen molar-refractivity contribution in [3.05, 3.63) is 57.8 Å². The van der Waals surface area contributed by atoms with Crippen molar-refractivity contribution in [3.63, 3.8) is 0 Å². The SMILES string of the molecule is CCc1cc(Br)ccc1NCc1ccc(C)nc1. The average molecular weight is 305 g/mol. The second kappa shape index (κ2) is 6.01. The van der Waals surface area contributed by atoms with Gasteiger partial charge in [0, 0.05) is 28.6 Å². The van der Waals surface area contributed by atoms with Crippen LogP contribution < -0.4 is 5.32 Å². The number of rotatable bonds is 4. The number of aryl methyl sites for hydroxylation is 2. The molecule has 0 radical (unpaired) electrons. The van der Waals surface area contributed by atoms with Gasteiger partial charge in [-0.05, 0) is 48.7 Å². The Bertz CT molecular complexity index is 521. The van der Waals surface area contributed by atoms with Crippen molar-refractivity contribution in [1.82, 2.24) is 4.98 Å². The molecule has 0 aliphatic heterocycles. The monoisotopic (exact) mass is 304 g/mol. The number of anilines is 1. The number of halogens is 1. The van der Waals surface area contributed by atoms with Crippen molar-refractivity contribution < 1.29 is 0 Å². The highest BCUT2D eigenvalue weighted by molar-refractivity contribution is 9.10. The largest absolute Gasteiger partial charge is 0.381 e. The quantitative estimate of drug-likeness (QED) is 0.909. The molecule has 1 N–H and O–H groups in total. The summed E-state index contributed by atoms with van der Waals surface area (Å²) in [5.41, 5.74) is 4.77. The molecule has 0 saturated heterocycles. The Kier molecular flexibility index (Phi) is 4.37. The molecule has 2 nitrogen and oxygen atoms in total. The molecule has 18 heavy (non-hydrogen) atoms. The van der Waals surface area contributed by atoms with E-state index >= 15 is 0 Å². The van der Waals surface area contributed by atoms with E-state index in [1.165, 1.54) is 16.8 Å². The minimum absolute atomic E-state index is 0.807. The van der Waals surface area contributed by atoms with Gasteiger partial charge in [-0.2, -0.15) is 0 Å². The maximum atomic E-state index is 4.30. The maximum absolute atomic E-state index is 4.30. The fourth-order valence-corrected chi connectivity index (χ4v) is 2.24. The molecule has 0 aliphatic carbocycles. The van der Waals surface area contributed by atoms with E-state index in [9.17, 15) is 0 Å². The van der Waals surface area contributed by atoms with Crippen LogP contribution in [0.4, 0.5) is 5.69 Å². The smallest absolute Gasteiger partial charge is 0.0416 e. The van der Waals surface area contributed by atoms with E-state index in [1.807, 2.05) is 19.2 Å². The van der Waals surface area contributed by atoms with Gasteiger partial charge in [0.2, 0.25) is 0 Å². The van der Waals surface area contributed by atoms with Crippen LogP contribution >= 0.6 is 15.9 Å². The van der Waals surface area contributed by atoms with Gasteiger partial charge in [-0.1, -0.05) is 28.9 Å². The van der Waals surface area contributed by atoms with E-state index < -0.39 is 0 Å². The highest BCUT2D eigenvalue weighted by Crippen LogP contribution is 2.22. The number of hydrogen-bond donors (Lipinski definition) is 1. The highest BCUT2D eigenvalue weighted by atomic mass is 79.9. The van der Waals surface area contributed by atoms with Crippen LogP contribution in [0.5, 0.6) is 0 Å². The first-order valence-corrected chi connectivity index (χ1v) is 6.92. The van der Waals surface area contributed by atoms with E-state index in [-0.39, 0.29) is 0 Å². The molecule has 1 aromatic heterocycles. The average Bonchev–Trinajstić information content (AvgIpc) is 2.39. The molecule has 0 unspecified atom stereocenters. The molecule has 1 heterocycles. The molecule has 0 amide bonds. The maximum Gasteiger partial charge on any atom is 0.0416 e. The fourth-order valence-electron chi connectivity index (χ4n) is 1.83. The summed E-state index contributed by atoms with van der Waals surface area (Å²) < 4.78 is 1.13. The third-order valence-electron chi connectivity index (χ3n) is 2.90. The lowest BCUT2D eigenvalue weighted by Gasteiger charge is -2.11. The van der Waals surface area contributed by atoms with E-state index in [0.717, 1.165) is 23.1 Å². The number of pyridine rings is 1. The minimum Gasteiger partial charge on any atom is -0.381 e. The minimum atomic E-state index is 0.807. The van der Waals surface area contributed by atoms with Gasteiger partial charge in [-0.25, -0.2) is 0 Å². The lowest BCUT2D eigenvalue weighted by molar-refractivity contribution is 1.06. The van der Waals surface area contributed by atoms with Crippen molar-refractivity contribution in [2.75, 3.05) is 5.32 Å². The van der Waals surface area contributed by atoms with Gasteiger partial charge in [0.1, 0.15) is 0 Å². The molecule has 0 spiro atoms. The summed E-state index contributed by atoms with van der Waals surface area (Å²) in [5.74, 6) is 0. The van der Waals surface area contributed by atoms with Crippen LogP contribution in [0.15, 0.2) is 41.0 Å².